The summed E-state index contributed by atoms with van der Waals surface area (Å²) >= 11 is 0. The van der Waals surface area contributed by atoms with Gasteiger partial charge in [0.05, 0.1) is 6.42 Å². The maximum atomic E-state index is 12.0. The molecule has 90 valence electrons. The second-order valence-corrected chi connectivity index (χ2v) is 3.92. The maximum absolute atomic E-state index is 12.0. The van der Waals surface area contributed by atoms with Crippen molar-refractivity contribution in [2.45, 2.75) is 58.0 Å². The average Bonchev–Trinajstić information content (AvgIpc) is 2.14. The molecule has 0 aromatic rings. The molecule has 4 heteroatoms. The Morgan fingerprint density at radius 3 is 2.20 bits per heavy atom. The van der Waals surface area contributed by atoms with E-state index in [1.807, 2.05) is 0 Å². The first-order valence-corrected chi connectivity index (χ1v) is 5.51. The summed E-state index contributed by atoms with van der Waals surface area (Å²) in [6, 6.07) is 0. The van der Waals surface area contributed by atoms with E-state index in [1.54, 1.807) is 0 Å². The largest absolute Gasteiger partial charge is 0.389 e. The highest BCUT2D eigenvalue weighted by molar-refractivity contribution is 5.53. The molecule has 0 bridgehead atoms. The van der Waals surface area contributed by atoms with Crippen LogP contribution in [0.15, 0.2) is 0 Å². The van der Waals surface area contributed by atoms with E-state index in [2.05, 4.69) is 6.92 Å². The first-order chi connectivity index (χ1) is 6.99. The van der Waals surface area contributed by atoms with Crippen LogP contribution >= 0.6 is 0 Å². The smallest absolute Gasteiger partial charge is 0.303 e. The van der Waals surface area contributed by atoms with Gasteiger partial charge in [0.2, 0.25) is 0 Å². The molecular formula is C11H19F3O. The maximum Gasteiger partial charge on any atom is 0.389 e. The van der Waals surface area contributed by atoms with Gasteiger partial charge in [-0.1, -0.05) is 39.0 Å². The van der Waals surface area contributed by atoms with Crippen LogP contribution in [0, 0.1) is 5.92 Å². The van der Waals surface area contributed by atoms with Crippen LogP contribution in [0.4, 0.5) is 13.2 Å². The standard InChI is InChI=1S/C11H19F3O/c1-2-3-4-5-6-7-10(9-15)8-11(12,13)14/h9-10H,2-8H2,1H3. The molecule has 0 saturated heterocycles. The Balaban J connectivity index is 3.58. The van der Waals surface area contributed by atoms with E-state index >= 15 is 0 Å². The zero-order valence-electron chi connectivity index (χ0n) is 9.15. The SMILES string of the molecule is CCCCCCCC(C=O)CC(F)(F)F. The summed E-state index contributed by atoms with van der Waals surface area (Å²) in [4.78, 5) is 10.4. The molecule has 1 atom stereocenters. The molecule has 0 aliphatic rings. The van der Waals surface area contributed by atoms with Crippen LogP contribution in [0.1, 0.15) is 51.9 Å². The van der Waals surface area contributed by atoms with E-state index in [1.165, 1.54) is 0 Å². The van der Waals surface area contributed by atoms with E-state index in [0.29, 0.717) is 12.7 Å². The normalized spacial score (nSPS) is 13.9. The Morgan fingerprint density at radius 1 is 1.13 bits per heavy atom. The first kappa shape index (κ1) is 14.5. The molecule has 0 aliphatic carbocycles. The number of carbonyl (C=O) groups is 1. The zero-order valence-corrected chi connectivity index (χ0v) is 9.15. The molecule has 0 aromatic carbocycles. The van der Waals surface area contributed by atoms with Crippen molar-refractivity contribution in [1.82, 2.24) is 0 Å². The lowest BCUT2D eigenvalue weighted by molar-refractivity contribution is -0.149. The van der Waals surface area contributed by atoms with Gasteiger partial charge in [-0.2, -0.15) is 13.2 Å². The number of hydrogen-bond donors (Lipinski definition) is 0. The fourth-order valence-corrected chi connectivity index (χ4v) is 1.53. The van der Waals surface area contributed by atoms with E-state index < -0.39 is 18.5 Å². The lowest BCUT2D eigenvalue weighted by Crippen LogP contribution is -2.16. The fraction of sp³-hybridized carbons (Fsp3) is 0.909. The number of rotatable bonds is 8. The van der Waals surface area contributed by atoms with Crippen molar-refractivity contribution in [3.05, 3.63) is 0 Å². The molecule has 0 heterocycles. The van der Waals surface area contributed by atoms with E-state index in [4.69, 9.17) is 0 Å². The third kappa shape index (κ3) is 9.76. The van der Waals surface area contributed by atoms with Gasteiger partial charge in [0.1, 0.15) is 6.29 Å². The number of aldehydes is 1. The monoisotopic (exact) mass is 224 g/mol. The summed E-state index contributed by atoms with van der Waals surface area (Å²) in [5.41, 5.74) is 0. The summed E-state index contributed by atoms with van der Waals surface area (Å²) in [5.74, 6) is -0.841. The number of halogens is 3. The summed E-state index contributed by atoms with van der Waals surface area (Å²) < 4.78 is 35.9. The highest BCUT2D eigenvalue weighted by atomic mass is 19.4. The molecule has 0 N–H and O–H groups in total. The highest BCUT2D eigenvalue weighted by Crippen LogP contribution is 2.26. The Hall–Kier alpha value is -0.540. The van der Waals surface area contributed by atoms with Gasteiger partial charge in [-0.3, -0.25) is 0 Å². The minimum atomic E-state index is -4.21. The van der Waals surface area contributed by atoms with Gasteiger partial charge in [0, 0.05) is 5.92 Å². The molecule has 0 aromatic heterocycles. The van der Waals surface area contributed by atoms with Gasteiger partial charge in [-0.05, 0) is 6.42 Å². The molecule has 15 heavy (non-hydrogen) atoms. The van der Waals surface area contributed by atoms with Crippen LogP contribution < -0.4 is 0 Å². The average molecular weight is 224 g/mol. The van der Waals surface area contributed by atoms with Crippen LogP contribution in [0.2, 0.25) is 0 Å². The predicted molar refractivity (Wildman–Crippen MR) is 53.6 cm³/mol. The van der Waals surface area contributed by atoms with Gasteiger partial charge >= 0.3 is 6.18 Å². The lowest BCUT2D eigenvalue weighted by Gasteiger charge is -2.12. The molecule has 0 fully saturated rings. The molecule has 1 unspecified atom stereocenters. The zero-order chi connectivity index (χ0) is 11.7. The minimum Gasteiger partial charge on any atom is -0.303 e. The Morgan fingerprint density at radius 2 is 1.73 bits per heavy atom. The molecule has 1 nitrogen and oxygen atoms in total. The quantitative estimate of drug-likeness (QED) is 0.448. The topological polar surface area (TPSA) is 17.1 Å². The van der Waals surface area contributed by atoms with E-state index in [-0.39, 0.29) is 0 Å². The van der Waals surface area contributed by atoms with Crippen molar-refractivity contribution >= 4 is 6.29 Å². The van der Waals surface area contributed by atoms with Crippen molar-refractivity contribution < 1.29 is 18.0 Å². The summed E-state index contributed by atoms with van der Waals surface area (Å²) in [6.45, 7) is 2.08. The second-order valence-electron chi connectivity index (χ2n) is 3.92. The lowest BCUT2D eigenvalue weighted by atomic mass is 9.98. The Kier molecular flexibility index (Phi) is 7.44. The van der Waals surface area contributed by atoms with E-state index in [9.17, 15) is 18.0 Å². The summed E-state index contributed by atoms with van der Waals surface area (Å²) in [5, 5.41) is 0. The Bertz CT molecular complexity index is 166. The van der Waals surface area contributed by atoms with Gasteiger partial charge < -0.3 is 4.79 Å². The van der Waals surface area contributed by atoms with Crippen molar-refractivity contribution in [1.29, 1.82) is 0 Å². The third-order valence-electron chi connectivity index (χ3n) is 2.36. The molecule has 0 aliphatic heterocycles. The number of unbranched alkanes of at least 4 members (excludes halogenated alkanes) is 4. The van der Waals surface area contributed by atoms with Crippen LogP contribution in [0.25, 0.3) is 0 Å². The van der Waals surface area contributed by atoms with Gasteiger partial charge in [0.15, 0.2) is 0 Å². The second kappa shape index (κ2) is 7.71. The van der Waals surface area contributed by atoms with Gasteiger partial charge in [-0.25, -0.2) is 0 Å². The summed E-state index contributed by atoms with van der Waals surface area (Å²) in [6.07, 6.45) is 0.549. The molecule has 0 spiro atoms. The first-order valence-electron chi connectivity index (χ1n) is 5.51. The van der Waals surface area contributed by atoms with Gasteiger partial charge in [-0.15, -0.1) is 0 Å². The number of carbonyl (C=O) groups excluding carboxylic acids is 1. The highest BCUT2D eigenvalue weighted by Gasteiger charge is 2.31. The minimum absolute atomic E-state index is 0.368. The van der Waals surface area contributed by atoms with Crippen LogP contribution in [0.5, 0.6) is 0 Å². The van der Waals surface area contributed by atoms with E-state index in [0.717, 1.165) is 32.1 Å². The molecule has 0 rings (SSSR count). The van der Waals surface area contributed by atoms with Crippen molar-refractivity contribution in [2.75, 3.05) is 0 Å². The van der Waals surface area contributed by atoms with Crippen LogP contribution in [0.3, 0.4) is 0 Å². The van der Waals surface area contributed by atoms with Crippen molar-refractivity contribution in [3.63, 3.8) is 0 Å². The molecular weight excluding hydrogens is 205 g/mol. The van der Waals surface area contributed by atoms with Crippen molar-refractivity contribution in [2.24, 2.45) is 5.92 Å². The fourth-order valence-electron chi connectivity index (χ4n) is 1.53. The summed E-state index contributed by atoms with van der Waals surface area (Å²) in [7, 11) is 0. The molecule has 0 saturated carbocycles. The molecule has 0 amide bonds. The van der Waals surface area contributed by atoms with Crippen LogP contribution in [-0.4, -0.2) is 12.5 Å². The van der Waals surface area contributed by atoms with Gasteiger partial charge in [0.25, 0.3) is 0 Å². The molecule has 0 radical (unpaired) electrons. The van der Waals surface area contributed by atoms with Crippen LogP contribution in [-0.2, 0) is 4.79 Å². The number of hydrogen-bond acceptors (Lipinski definition) is 1. The third-order valence-corrected chi connectivity index (χ3v) is 2.36. The number of alkyl halides is 3. The predicted octanol–water partition coefficient (Wildman–Crippen LogP) is 4.11. The Labute approximate surface area is 89.0 Å². The van der Waals surface area contributed by atoms with Crippen molar-refractivity contribution in [3.8, 4) is 0 Å².